The summed E-state index contributed by atoms with van der Waals surface area (Å²) in [5.74, 6) is 1.02. The highest BCUT2D eigenvalue weighted by Crippen LogP contribution is 2.16. The lowest BCUT2D eigenvalue weighted by molar-refractivity contribution is 0.844. The molecule has 1 aromatic carbocycles. The van der Waals surface area contributed by atoms with Gasteiger partial charge in [-0.1, -0.05) is 26.0 Å². The molecule has 1 aromatic heterocycles. The summed E-state index contributed by atoms with van der Waals surface area (Å²) in [6.45, 7) is 4.38. The van der Waals surface area contributed by atoms with Crippen LogP contribution in [0.5, 0.6) is 0 Å². The smallest absolute Gasteiger partial charge is 0.0776 e. The van der Waals surface area contributed by atoms with Gasteiger partial charge in [0.25, 0.3) is 0 Å². The van der Waals surface area contributed by atoms with E-state index in [1.165, 1.54) is 5.56 Å². The summed E-state index contributed by atoms with van der Waals surface area (Å²) in [5, 5.41) is 4.36. The lowest BCUT2D eigenvalue weighted by atomic mass is 10.0. The Hall–Kier alpha value is -1.28. The van der Waals surface area contributed by atoms with Gasteiger partial charge >= 0.3 is 0 Å². The highest BCUT2D eigenvalue weighted by molar-refractivity contribution is 6.16. The van der Waals surface area contributed by atoms with Gasteiger partial charge in [0.1, 0.15) is 0 Å². The topological polar surface area (TPSA) is 17.8 Å². The van der Waals surface area contributed by atoms with Crippen LogP contribution in [0.25, 0.3) is 5.69 Å². The van der Waals surface area contributed by atoms with Gasteiger partial charge in [0, 0.05) is 6.20 Å². The van der Waals surface area contributed by atoms with Crippen LogP contribution in [-0.4, -0.2) is 9.78 Å². The van der Waals surface area contributed by atoms with Crippen LogP contribution in [-0.2, 0) is 5.88 Å². The summed E-state index contributed by atoms with van der Waals surface area (Å²) in [6.07, 6.45) is 1.93. The second-order valence-electron chi connectivity index (χ2n) is 4.13. The summed E-state index contributed by atoms with van der Waals surface area (Å²) in [5.41, 5.74) is 3.31. The Labute approximate surface area is 101 Å². The van der Waals surface area contributed by atoms with Crippen molar-refractivity contribution < 1.29 is 0 Å². The molecular weight excluding hydrogens is 220 g/mol. The van der Waals surface area contributed by atoms with Crippen molar-refractivity contribution in [2.45, 2.75) is 25.6 Å². The minimum absolute atomic E-state index is 0.455. The number of alkyl halides is 1. The Kier molecular flexibility index (Phi) is 3.30. The highest BCUT2D eigenvalue weighted by Gasteiger charge is 2.02. The molecule has 0 aliphatic rings. The molecule has 16 heavy (non-hydrogen) atoms. The van der Waals surface area contributed by atoms with Crippen LogP contribution in [0.2, 0.25) is 0 Å². The maximum absolute atomic E-state index is 5.72. The van der Waals surface area contributed by atoms with Crippen LogP contribution in [0.1, 0.15) is 31.0 Å². The Morgan fingerprint density at radius 1 is 1.19 bits per heavy atom. The molecule has 0 bridgehead atoms. The molecule has 0 fully saturated rings. The molecule has 1 heterocycles. The molecule has 0 radical (unpaired) electrons. The van der Waals surface area contributed by atoms with E-state index in [1.54, 1.807) is 0 Å². The first-order valence-corrected chi connectivity index (χ1v) is 5.95. The zero-order valence-electron chi connectivity index (χ0n) is 9.52. The second-order valence-corrected chi connectivity index (χ2v) is 4.40. The number of hydrogen-bond donors (Lipinski definition) is 0. The van der Waals surface area contributed by atoms with Crippen molar-refractivity contribution in [2.75, 3.05) is 0 Å². The zero-order valence-corrected chi connectivity index (χ0v) is 10.3. The Morgan fingerprint density at radius 3 is 2.38 bits per heavy atom. The van der Waals surface area contributed by atoms with Gasteiger partial charge in [-0.15, -0.1) is 11.6 Å². The van der Waals surface area contributed by atoms with E-state index in [-0.39, 0.29) is 0 Å². The van der Waals surface area contributed by atoms with Crippen LogP contribution >= 0.6 is 11.6 Å². The Morgan fingerprint density at radius 2 is 1.88 bits per heavy atom. The molecule has 0 aliphatic heterocycles. The predicted octanol–water partition coefficient (Wildman–Crippen LogP) is 3.73. The fraction of sp³-hybridized carbons (Fsp3) is 0.308. The Balaban J connectivity index is 2.27. The number of hydrogen-bond acceptors (Lipinski definition) is 1. The molecule has 84 valence electrons. The first-order valence-electron chi connectivity index (χ1n) is 5.41. The van der Waals surface area contributed by atoms with E-state index >= 15 is 0 Å². The third-order valence-corrected chi connectivity index (χ3v) is 2.88. The highest BCUT2D eigenvalue weighted by atomic mass is 35.5. The average molecular weight is 235 g/mol. The van der Waals surface area contributed by atoms with E-state index in [0.29, 0.717) is 11.8 Å². The summed E-state index contributed by atoms with van der Waals surface area (Å²) in [4.78, 5) is 0. The SMILES string of the molecule is CC(C)c1ccc(-n2ccc(CCl)n2)cc1. The summed E-state index contributed by atoms with van der Waals surface area (Å²) >= 11 is 5.72. The third-order valence-electron chi connectivity index (χ3n) is 2.61. The van der Waals surface area contributed by atoms with Crippen molar-refractivity contribution in [3.63, 3.8) is 0 Å². The fourth-order valence-electron chi connectivity index (χ4n) is 1.59. The molecule has 2 nitrogen and oxygen atoms in total. The second kappa shape index (κ2) is 4.71. The van der Waals surface area contributed by atoms with Crippen LogP contribution < -0.4 is 0 Å². The molecule has 0 N–H and O–H groups in total. The predicted molar refractivity (Wildman–Crippen MR) is 67.2 cm³/mol. The van der Waals surface area contributed by atoms with Gasteiger partial charge < -0.3 is 0 Å². The molecule has 0 saturated heterocycles. The van der Waals surface area contributed by atoms with Crippen molar-refractivity contribution in [1.82, 2.24) is 9.78 Å². The quantitative estimate of drug-likeness (QED) is 0.740. The van der Waals surface area contributed by atoms with Crippen LogP contribution in [0, 0.1) is 0 Å². The summed E-state index contributed by atoms with van der Waals surface area (Å²) in [6, 6.07) is 10.4. The molecule has 0 saturated carbocycles. The van der Waals surface area contributed by atoms with Gasteiger partial charge in [-0.05, 0) is 29.7 Å². The maximum atomic E-state index is 5.72. The van der Waals surface area contributed by atoms with Gasteiger partial charge in [-0.2, -0.15) is 5.10 Å². The van der Waals surface area contributed by atoms with Crippen molar-refractivity contribution in [3.05, 3.63) is 47.8 Å². The molecule has 2 rings (SSSR count). The van der Waals surface area contributed by atoms with Gasteiger partial charge in [0.2, 0.25) is 0 Å². The molecule has 0 atom stereocenters. The van der Waals surface area contributed by atoms with E-state index in [0.717, 1.165) is 11.4 Å². The number of rotatable bonds is 3. The van der Waals surface area contributed by atoms with Gasteiger partial charge in [-0.3, -0.25) is 0 Å². The lowest BCUT2D eigenvalue weighted by Crippen LogP contribution is -1.96. The number of aromatic nitrogens is 2. The third kappa shape index (κ3) is 2.27. The van der Waals surface area contributed by atoms with Crippen LogP contribution in [0.3, 0.4) is 0 Å². The van der Waals surface area contributed by atoms with E-state index in [2.05, 4.69) is 43.2 Å². The zero-order chi connectivity index (χ0) is 11.5. The van der Waals surface area contributed by atoms with Gasteiger partial charge in [0.05, 0.1) is 17.3 Å². The van der Waals surface area contributed by atoms with E-state index in [1.807, 2.05) is 16.9 Å². The minimum Gasteiger partial charge on any atom is -0.241 e. The summed E-state index contributed by atoms with van der Waals surface area (Å²) < 4.78 is 1.85. The molecule has 0 amide bonds. The standard InChI is InChI=1S/C13H15ClN2/c1-10(2)11-3-5-13(6-4-11)16-8-7-12(9-14)15-16/h3-8,10H,9H2,1-2H3. The molecule has 0 aliphatic carbocycles. The van der Waals surface area contributed by atoms with Crippen molar-refractivity contribution >= 4 is 11.6 Å². The molecule has 0 spiro atoms. The normalized spacial score (nSPS) is 11.0. The Bertz CT molecular complexity index is 457. The molecular formula is C13H15ClN2. The number of halogens is 1. The monoisotopic (exact) mass is 234 g/mol. The van der Waals surface area contributed by atoms with E-state index < -0.39 is 0 Å². The van der Waals surface area contributed by atoms with E-state index in [4.69, 9.17) is 11.6 Å². The first-order chi connectivity index (χ1) is 7.70. The molecule has 0 unspecified atom stereocenters. The van der Waals surface area contributed by atoms with Crippen LogP contribution in [0.15, 0.2) is 36.5 Å². The minimum atomic E-state index is 0.455. The largest absolute Gasteiger partial charge is 0.241 e. The van der Waals surface area contributed by atoms with Gasteiger partial charge in [0.15, 0.2) is 0 Å². The maximum Gasteiger partial charge on any atom is 0.0776 e. The number of benzene rings is 1. The first kappa shape index (κ1) is 11.2. The fourth-order valence-corrected chi connectivity index (χ4v) is 1.73. The van der Waals surface area contributed by atoms with E-state index in [9.17, 15) is 0 Å². The van der Waals surface area contributed by atoms with Crippen molar-refractivity contribution in [2.24, 2.45) is 0 Å². The average Bonchev–Trinajstić information content (AvgIpc) is 2.77. The van der Waals surface area contributed by atoms with Crippen molar-refractivity contribution in [3.8, 4) is 5.69 Å². The van der Waals surface area contributed by atoms with Crippen LogP contribution in [0.4, 0.5) is 0 Å². The van der Waals surface area contributed by atoms with Gasteiger partial charge in [-0.25, -0.2) is 4.68 Å². The molecule has 2 aromatic rings. The summed E-state index contributed by atoms with van der Waals surface area (Å²) in [7, 11) is 0. The van der Waals surface area contributed by atoms with Crippen molar-refractivity contribution in [1.29, 1.82) is 0 Å². The molecule has 3 heteroatoms. The lowest BCUT2D eigenvalue weighted by Gasteiger charge is -2.06. The number of nitrogens with zero attached hydrogens (tertiary/aromatic N) is 2.